The topological polar surface area (TPSA) is 81.7 Å². The van der Waals surface area contributed by atoms with E-state index in [9.17, 15) is 18.8 Å². The van der Waals surface area contributed by atoms with Gasteiger partial charge in [-0.25, -0.2) is 4.39 Å². The predicted molar refractivity (Wildman–Crippen MR) is 113 cm³/mol. The molecule has 3 saturated carbocycles. The van der Waals surface area contributed by atoms with Crippen LogP contribution in [-0.4, -0.2) is 35.7 Å². The van der Waals surface area contributed by atoms with Crippen molar-refractivity contribution < 1.29 is 28.2 Å². The number of ketones is 2. The van der Waals surface area contributed by atoms with E-state index in [-0.39, 0.29) is 47.3 Å². The first-order valence-electron chi connectivity index (χ1n) is 10.8. The van der Waals surface area contributed by atoms with E-state index in [1.165, 1.54) is 6.07 Å². The molecule has 32 heavy (non-hydrogen) atoms. The van der Waals surface area contributed by atoms with E-state index in [1.807, 2.05) is 0 Å². The Labute approximate surface area is 185 Å². The van der Waals surface area contributed by atoms with Gasteiger partial charge in [-0.15, -0.1) is 0 Å². The minimum Gasteiger partial charge on any atom is -0.484 e. The molecule has 1 atom stereocenters. The fraction of sp³-hybridized carbons (Fsp3) is 0.400. The number of Topliss-reactive ketones (excluding diaryl/α,β-unsaturated/α-hetero) is 2. The SMILES string of the molecule is Cc1ccc(OCC(=O)NC23CC(CC(=O)[C@H]4CC(=O)c5ccccc5O4)(C2)C3)cc1F. The molecule has 6 rings (SSSR count). The highest BCUT2D eigenvalue weighted by Crippen LogP contribution is 2.69. The number of hydrogen-bond donors (Lipinski definition) is 1. The van der Waals surface area contributed by atoms with Crippen molar-refractivity contribution in [2.75, 3.05) is 6.61 Å². The molecule has 7 heteroatoms. The summed E-state index contributed by atoms with van der Waals surface area (Å²) in [4.78, 5) is 37.4. The maximum Gasteiger partial charge on any atom is 0.258 e. The number of rotatable bonds is 7. The van der Waals surface area contributed by atoms with Gasteiger partial charge in [0.05, 0.1) is 12.0 Å². The number of nitrogens with one attached hydrogen (secondary N) is 1. The first-order chi connectivity index (χ1) is 15.3. The minimum atomic E-state index is -0.736. The van der Waals surface area contributed by atoms with Crippen LogP contribution in [-0.2, 0) is 9.59 Å². The molecule has 1 amide bonds. The van der Waals surface area contributed by atoms with Crippen molar-refractivity contribution in [2.24, 2.45) is 5.41 Å². The highest BCUT2D eigenvalue weighted by atomic mass is 19.1. The second-order valence-electron chi connectivity index (χ2n) is 9.43. The largest absolute Gasteiger partial charge is 0.484 e. The Kier molecular flexibility index (Phi) is 4.80. The Balaban J connectivity index is 1.10. The number of fused-ring (bicyclic) bond motifs is 1. The zero-order valence-corrected chi connectivity index (χ0v) is 17.8. The van der Waals surface area contributed by atoms with Gasteiger partial charge in [-0.1, -0.05) is 18.2 Å². The lowest BCUT2D eigenvalue weighted by atomic mass is 9.38. The number of hydrogen-bond acceptors (Lipinski definition) is 5. The van der Waals surface area contributed by atoms with Gasteiger partial charge in [0.2, 0.25) is 0 Å². The molecule has 3 fully saturated rings. The van der Waals surface area contributed by atoms with Crippen molar-refractivity contribution >= 4 is 17.5 Å². The third kappa shape index (κ3) is 3.66. The van der Waals surface area contributed by atoms with Crippen molar-refractivity contribution in [3.05, 3.63) is 59.4 Å². The van der Waals surface area contributed by atoms with Crippen LogP contribution in [0.25, 0.3) is 0 Å². The van der Waals surface area contributed by atoms with Gasteiger partial charge in [-0.2, -0.15) is 0 Å². The summed E-state index contributed by atoms with van der Waals surface area (Å²) in [7, 11) is 0. The number of para-hydroxylation sites is 1. The Bertz CT molecular complexity index is 1110. The third-order valence-corrected chi connectivity index (χ3v) is 6.79. The third-order valence-electron chi connectivity index (χ3n) is 6.79. The van der Waals surface area contributed by atoms with Gasteiger partial charge in [0.15, 0.2) is 24.3 Å². The molecule has 0 unspecified atom stereocenters. The second-order valence-corrected chi connectivity index (χ2v) is 9.43. The number of benzene rings is 2. The molecular weight excluding hydrogens is 413 g/mol. The first-order valence-corrected chi connectivity index (χ1v) is 10.8. The zero-order chi connectivity index (χ0) is 22.5. The molecule has 1 aliphatic heterocycles. The lowest BCUT2D eigenvalue weighted by Gasteiger charge is -2.70. The maximum atomic E-state index is 13.6. The summed E-state index contributed by atoms with van der Waals surface area (Å²) < 4.78 is 24.8. The van der Waals surface area contributed by atoms with Crippen molar-refractivity contribution in [2.45, 2.75) is 50.7 Å². The number of ether oxygens (including phenoxy) is 2. The molecule has 0 aromatic heterocycles. The highest BCUT2D eigenvalue weighted by Gasteiger charge is 2.68. The van der Waals surface area contributed by atoms with Crippen LogP contribution >= 0.6 is 0 Å². The molecule has 0 spiro atoms. The van der Waals surface area contributed by atoms with E-state index in [2.05, 4.69) is 5.32 Å². The van der Waals surface area contributed by atoms with Crippen LogP contribution in [0.15, 0.2) is 42.5 Å². The summed E-state index contributed by atoms with van der Waals surface area (Å²) in [5.74, 6) is 0.0186. The van der Waals surface area contributed by atoms with Crippen LogP contribution in [0.3, 0.4) is 0 Å². The normalized spacial score (nSPS) is 27.3. The van der Waals surface area contributed by atoms with Gasteiger partial charge in [-0.05, 0) is 55.4 Å². The number of aryl methyl sites for hydroxylation is 1. The number of carbonyl (C=O) groups is 3. The Morgan fingerprint density at radius 2 is 1.94 bits per heavy atom. The second kappa shape index (κ2) is 7.43. The molecule has 4 aliphatic rings. The lowest BCUT2D eigenvalue weighted by Crippen LogP contribution is -2.75. The van der Waals surface area contributed by atoms with Gasteiger partial charge in [-0.3, -0.25) is 14.4 Å². The summed E-state index contributed by atoms with van der Waals surface area (Å²) in [6.07, 6.45) is 1.88. The number of amides is 1. The van der Waals surface area contributed by atoms with E-state index >= 15 is 0 Å². The summed E-state index contributed by atoms with van der Waals surface area (Å²) in [6, 6.07) is 11.5. The van der Waals surface area contributed by atoms with Crippen molar-refractivity contribution in [1.82, 2.24) is 5.32 Å². The summed E-state index contributed by atoms with van der Waals surface area (Å²) in [5.41, 5.74) is 0.645. The predicted octanol–water partition coefficient (Wildman–Crippen LogP) is 3.55. The molecule has 1 heterocycles. The van der Waals surface area contributed by atoms with Crippen molar-refractivity contribution in [3.63, 3.8) is 0 Å². The summed E-state index contributed by atoms with van der Waals surface area (Å²) in [6.45, 7) is 1.47. The van der Waals surface area contributed by atoms with Gasteiger partial charge in [0.25, 0.3) is 5.91 Å². The van der Waals surface area contributed by atoms with Gasteiger partial charge >= 0.3 is 0 Å². The smallest absolute Gasteiger partial charge is 0.258 e. The molecule has 166 valence electrons. The van der Waals surface area contributed by atoms with Crippen LogP contribution in [0.5, 0.6) is 11.5 Å². The minimum absolute atomic E-state index is 0.0581. The fourth-order valence-electron chi connectivity index (χ4n) is 5.40. The van der Waals surface area contributed by atoms with Crippen LogP contribution in [0.4, 0.5) is 4.39 Å². The van der Waals surface area contributed by atoms with Crippen LogP contribution in [0, 0.1) is 18.2 Å². The van der Waals surface area contributed by atoms with E-state index < -0.39 is 6.10 Å². The molecule has 6 nitrogen and oxygen atoms in total. The molecule has 0 saturated heterocycles. The van der Waals surface area contributed by atoms with E-state index in [1.54, 1.807) is 43.3 Å². The average Bonchev–Trinajstić information content (AvgIpc) is 2.72. The number of halogens is 1. The average molecular weight is 437 g/mol. The maximum absolute atomic E-state index is 13.6. The summed E-state index contributed by atoms with van der Waals surface area (Å²) in [5, 5.41) is 3.00. The van der Waals surface area contributed by atoms with Crippen LogP contribution in [0.2, 0.25) is 0 Å². The van der Waals surface area contributed by atoms with Gasteiger partial charge in [0, 0.05) is 18.0 Å². The molecule has 0 radical (unpaired) electrons. The quantitative estimate of drug-likeness (QED) is 0.717. The standard InChI is InChI=1S/C25H24FNO5/c1-15-6-7-16(8-18(15)26)31-11-23(30)27-25-12-24(13-25,14-25)10-20(29)22-9-19(28)17-4-2-3-5-21(17)32-22/h2-8,22H,9-14H2,1H3,(H,27,30)/t22-,24?,25?/m1/s1. The van der Waals surface area contributed by atoms with E-state index in [4.69, 9.17) is 9.47 Å². The molecule has 2 aromatic carbocycles. The monoisotopic (exact) mass is 437 g/mol. The molecule has 3 aliphatic carbocycles. The molecule has 2 aromatic rings. The van der Waals surface area contributed by atoms with Gasteiger partial charge < -0.3 is 14.8 Å². The molecule has 1 N–H and O–H groups in total. The molecule has 2 bridgehead atoms. The van der Waals surface area contributed by atoms with E-state index in [0.29, 0.717) is 29.0 Å². The molecular formula is C25H24FNO5. The lowest BCUT2D eigenvalue weighted by molar-refractivity contribution is -0.175. The zero-order valence-electron chi connectivity index (χ0n) is 17.8. The Morgan fingerprint density at radius 1 is 1.19 bits per heavy atom. The van der Waals surface area contributed by atoms with Crippen LogP contribution in [0.1, 0.15) is 48.0 Å². The fourth-order valence-corrected chi connectivity index (χ4v) is 5.40. The number of carbonyl (C=O) groups excluding carboxylic acids is 3. The van der Waals surface area contributed by atoms with Crippen LogP contribution < -0.4 is 14.8 Å². The van der Waals surface area contributed by atoms with E-state index in [0.717, 1.165) is 19.3 Å². The van der Waals surface area contributed by atoms with Gasteiger partial charge in [0.1, 0.15) is 17.3 Å². The van der Waals surface area contributed by atoms with Crippen molar-refractivity contribution in [1.29, 1.82) is 0 Å². The first kappa shape index (κ1) is 20.7. The Morgan fingerprint density at radius 3 is 2.69 bits per heavy atom. The summed E-state index contributed by atoms with van der Waals surface area (Å²) >= 11 is 0. The Hall–Kier alpha value is -3.22. The highest BCUT2D eigenvalue weighted by molar-refractivity contribution is 6.03. The van der Waals surface area contributed by atoms with Crippen molar-refractivity contribution in [3.8, 4) is 11.5 Å².